The molecule has 2 fully saturated rings. The molecule has 132 valence electrons. The lowest BCUT2D eigenvalue weighted by Gasteiger charge is -2.28. The number of benzene rings is 1. The second-order valence-corrected chi connectivity index (χ2v) is 6.36. The molecule has 0 saturated carbocycles. The minimum Gasteiger partial charge on any atom is -0.376 e. The fourth-order valence-electron chi connectivity index (χ4n) is 2.90. The Labute approximate surface area is 146 Å². The van der Waals surface area contributed by atoms with E-state index in [-0.39, 0.29) is 6.10 Å². The zero-order valence-corrected chi connectivity index (χ0v) is 14.3. The minimum absolute atomic E-state index is 0.0375. The van der Waals surface area contributed by atoms with Crippen LogP contribution in [0.3, 0.4) is 0 Å². The molecule has 3 rings (SSSR count). The van der Waals surface area contributed by atoms with Crippen molar-refractivity contribution < 1.29 is 19.1 Å². The number of carbonyl (C=O) groups is 3. The van der Waals surface area contributed by atoms with Gasteiger partial charge in [-0.05, 0) is 49.9 Å². The Balaban J connectivity index is 1.78. The van der Waals surface area contributed by atoms with Gasteiger partial charge in [0.15, 0.2) is 5.92 Å². The van der Waals surface area contributed by atoms with E-state index in [2.05, 4.69) is 10.3 Å². The molecule has 0 radical (unpaired) electrons. The fourth-order valence-corrected chi connectivity index (χ4v) is 2.90. The van der Waals surface area contributed by atoms with Gasteiger partial charge in [-0.3, -0.25) is 19.9 Å². The van der Waals surface area contributed by atoms with Crippen LogP contribution < -0.4 is 10.2 Å². The van der Waals surface area contributed by atoms with Crippen LogP contribution in [0.4, 0.5) is 10.5 Å². The van der Waals surface area contributed by atoms with Gasteiger partial charge in [0.05, 0.1) is 18.3 Å². The predicted octanol–water partition coefficient (Wildman–Crippen LogP) is 1.75. The molecule has 2 heterocycles. The highest BCUT2D eigenvalue weighted by Gasteiger charge is 2.40. The van der Waals surface area contributed by atoms with Crippen molar-refractivity contribution in [1.29, 1.82) is 0 Å². The SMILES string of the molecule is Cc1ccc(N2C(=O)NC(=O)[C@@H](C=NC[C@H]3CCCO3)C2=O)cc1C. The summed E-state index contributed by atoms with van der Waals surface area (Å²) in [6.07, 6.45) is 3.28. The van der Waals surface area contributed by atoms with Gasteiger partial charge in [-0.2, -0.15) is 0 Å². The highest BCUT2D eigenvalue weighted by atomic mass is 16.5. The number of ether oxygens (including phenoxy) is 1. The number of amides is 4. The third kappa shape index (κ3) is 3.61. The molecule has 0 bridgehead atoms. The van der Waals surface area contributed by atoms with E-state index in [1.165, 1.54) is 6.21 Å². The quantitative estimate of drug-likeness (QED) is 0.666. The zero-order chi connectivity index (χ0) is 18.0. The van der Waals surface area contributed by atoms with Gasteiger partial charge in [0, 0.05) is 12.8 Å². The number of rotatable bonds is 4. The number of carbonyl (C=O) groups excluding carboxylic acids is 3. The molecule has 0 aromatic heterocycles. The maximum Gasteiger partial charge on any atom is 0.335 e. The molecule has 1 aromatic rings. The van der Waals surface area contributed by atoms with Gasteiger partial charge in [0.25, 0.3) is 5.91 Å². The van der Waals surface area contributed by atoms with E-state index in [4.69, 9.17) is 4.74 Å². The molecule has 1 N–H and O–H groups in total. The molecule has 1 aromatic carbocycles. The third-order valence-electron chi connectivity index (χ3n) is 4.54. The van der Waals surface area contributed by atoms with E-state index in [1.54, 1.807) is 12.1 Å². The van der Waals surface area contributed by atoms with Crippen LogP contribution in [0.1, 0.15) is 24.0 Å². The van der Waals surface area contributed by atoms with E-state index < -0.39 is 23.8 Å². The summed E-state index contributed by atoms with van der Waals surface area (Å²) in [6.45, 7) is 4.98. The van der Waals surface area contributed by atoms with Gasteiger partial charge in [-0.25, -0.2) is 9.69 Å². The number of nitrogens with one attached hydrogen (secondary N) is 1. The Hall–Kier alpha value is -2.54. The number of aliphatic imine (C=N–C) groups is 1. The monoisotopic (exact) mass is 343 g/mol. The Morgan fingerprint density at radius 2 is 2.08 bits per heavy atom. The average Bonchev–Trinajstić information content (AvgIpc) is 3.07. The van der Waals surface area contributed by atoms with E-state index >= 15 is 0 Å². The number of hydrogen-bond donors (Lipinski definition) is 1. The maximum atomic E-state index is 12.7. The lowest BCUT2D eigenvalue weighted by molar-refractivity contribution is -0.131. The smallest absolute Gasteiger partial charge is 0.335 e. The Bertz CT molecular complexity index is 738. The van der Waals surface area contributed by atoms with Gasteiger partial charge in [0.2, 0.25) is 5.91 Å². The number of hydrogen-bond acceptors (Lipinski definition) is 5. The van der Waals surface area contributed by atoms with Crippen LogP contribution in [0.15, 0.2) is 23.2 Å². The highest BCUT2D eigenvalue weighted by Crippen LogP contribution is 2.23. The molecule has 4 amide bonds. The Morgan fingerprint density at radius 1 is 1.28 bits per heavy atom. The minimum atomic E-state index is -1.11. The van der Waals surface area contributed by atoms with Crippen LogP contribution in [-0.4, -0.2) is 43.3 Å². The summed E-state index contributed by atoms with van der Waals surface area (Å²) in [5.41, 5.74) is 2.45. The maximum absolute atomic E-state index is 12.7. The van der Waals surface area contributed by atoms with E-state index in [0.717, 1.165) is 35.5 Å². The van der Waals surface area contributed by atoms with Crippen molar-refractivity contribution in [2.24, 2.45) is 10.9 Å². The van der Waals surface area contributed by atoms with E-state index in [9.17, 15) is 14.4 Å². The van der Waals surface area contributed by atoms with Crippen molar-refractivity contribution in [3.8, 4) is 0 Å². The second kappa shape index (κ2) is 7.14. The van der Waals surface area contributed by atoms with Gasteiger partial charge < -0.3 is 4.74 Å². The molecule has 7 heteroatoms. The number of anilines is 1. The second-order valence-electron chi connectivity index (χ2n) is 6.36. The van der Waals surface area contributed by atoms with Crippen LogP contribution in [0.2, 0.25) is 0 Å². The van der Waals surface area contributed by atoms with Crippen molar-refractivity contribution in [2.45, 2.75) is 32.8 Å². The summed E-state index contributed by atoms with van der Waals surface area (Å²) in [5.74, 6) is -2.35. The van der Waals surface area contributed by atoms with Crippen LogP contribution in [-0.2, 0) is 14.3 Å². The summed E-state index contributed by atoms with van der Waals surface area (Å²) in [4.78, 5) is 42.1. The first-order chi connectivity index (χ1) is 12.0. The van der Waals surface area contributed by atoms with Crippen LogP contribution >= 0.6 is 0 Å². The molecule has 2 saturated heterocycles. The average molecular weight is 343 g/mol. The number of urea groups is 1. The molecule has 2 aliphatic rings. The molecule has 0 unspecified atom stereocenters. The molecule has 2 aliphatic heterocycles. The molecule has 0 aliphatic carbocycles. The van der Waals surface area contributed by atoms with Crippen LogP contribution in [0, 0.1) is 19.8 Å². The lowest BCUT2D eigenvalue weighted by atomic mass is 10.0. The lowest BCUT2D eigenvalue weighted by Crippen LogP contribution is -2.58. The molecular formula is C18H21N3O4. The van der Waals surface area contributed by atoms with Crippen molar-refractivity contribution >= 4 is 29.7 Å². The first kappa shape index (κ1) is 17.3. The van der Waals surface area contributed by atoms with E-state index in [0.29, 0.717) is 12.2 Å². The van der Waals surface area contributed by atoms with E-state index in [1.807, 2.05) is 19.9 Å². The van der Waals surface area contributed by atoms with Gasteiger partial charge in [0.1, 0.15) is 0 Å². The van der Waals surface area contributed by atoms with Crippen molar-refractivity contribution in [3.63, 3.8) is 0 Å². The largest absolute Gasteiger partial charge is 0.376 e. The summed E-state index contributed by atoms with van der Waals surface area (Å²) >= 11 is 0. The molecule has 7 nitrogen and oxygen atoms in total. The number of imide groups is 2. The molecule has 2 atom stereocenters. The van der Waals surface area contributed by atoms with Crippen LogP contribution in [0.5, 0.6) is 0 Å². The highest BCUT2D eigenvalue weighted by molar-refractivity contribution is 6.32. The first-order valence-electron chi connectivity index (χ1n) is 8.35. The first-order valence-corrected chi connectivity index (χ1v) is 8.35. The van der Waals surface area contributed by atoms with Crippen LogP contribution in [0.25, 0.3) is 0 Å². The summed E-state index contributed by atoms with van der Waals surface area (Å²) < 4.78 is 5.46. The third-order valence-corrected chi connectivity index (χ3v) is 4.54. The molecule has 25 heavy (non-hydrogen) atoms. The summed E-state index contributed by atoms with van der Waals surface area (Å²) in [7, 11) is 0. The number of nitrogens with zero attached hydrogens (tertiary/aromatic N) is 2. The van der Waals surface area contributed by atoms with Crippen molar-refractivity contribution in [2.75, 3.05) is 18.1 Å². The summed E-state index contributed by atoms with van der Waals surface area (Å²) in [5, 5.41) is 2.23. The predicted molar refractivity (Wildman–Crippen MR) is 92.8 cm³/mol. The Kier molecular flexibility index (Phi) is 4.94. The Morgan fingerprint density at radius 3 is 2.76 bits per heavy atom. The molecular weight excluding hydrogens is 322 g/mol. The standard InChI is InChI=1S/C18H21N3O4/c1-11-5-6-13(8-12(11)2)21-17(23)15(16(22)20-18(21)24)10-19-9-14-4-3-7-25-14/h5-6,8,10,14-15H,3-4,7,9H2,1-2H3,(H,20,22,24)/t14-,15-/m1/s1. The fraction of sp³-hybridized carbons (Fsp3) is 0.444. The number of aryl methyl sites for hydroxylation is 2. The normalized spacial score (nSPS) is 24.2. The molecule has 0 spiro atoms. The number of barbiturate groups is 1. The van der Waals surface area contributed by atoms with Crippen molar-refractivity contribution in [1.82, 2.24) is 5.32 Å². The summed E-state index contributed by atoms with van der Waals surface area (Å²) in [6, 6.07) is 4.55. The van der Waals surface area contributed by atoms with Gasteiger partial charge in [-0.1, -0.05) is 6.07 Å². The zero-order valence-electron chi connectivity index (χ0n) is 14.3. The topological polar surface area (TPSA) is 88.1 Å². The van der Waals surface area contributed by atoms with Crippen molar-refractivity contribution in [3.05, 3.63) is 29.3 Å². The van der Waals surface area contributed by atoms with Gasteiger partial charge >= 0.3 is 6.03 Å². The van der Waals surface area contributed by atoms with Gasteiger partial charge in [-0.15, -0.1) is 0 Å².